The second kappa shape index (κ2) is 4.94. The van der Waals surface area contributed by atoms with Gasteiger partial charge in [-0.3, -0.25) is 0 Å². The van der Waals surface area contributed by atoms with Crippen molar-refractivity contribution in [2.75, 3.05) is 0 Å². The van der Waals surface area contributed by atoms with E-state index >= 15 is 0 Å². The molecule has 0 saturated heterocycles. The molecular formula is C15H10O4S. The molecule has 0 atom stereocenters. The van der Waals surface area contributed by atoms with Gasteiger partial charge < -0.3 is 9.15 Å². The fraction of sp³-hybridized carbons (Fsp3) is 0.0667. The first-order valence-electron chi connectivity index (χ1n) is 5.94. The van der Waals surface area contributed by atoms with E-state index in [1.54, 1.807) is 36.4 Å². The lowest BCUT2D eigenvalue weighted by atomic mass is 10.1. The minimum atomic E-state index is -0.427. The van der Waals surface area contributed by atoms with E-state index in [0.717, 1.165) is 16.9 Å². The van der Waals surface area contributed by atoms with Crippen LogP contribution in [0.3, 0.4) is 0 Å². The van der Waals surface area contributed by atoms with Crippen LogP contribution in [0, 0.1) is 6.92 Å². The summed E-state index contributed by atoms with van der Waals surface area (Å²) in [5.41, 5.74) is 1.98. The predicted octanol–water partition coefficient (Wildman–Crippen LogP) is 3.38. The van der Waals surface area contributed by atoms with E-state index in [4.69, 9.17) is 9.15 Å². The molecule has 0 aliphatic carbocycles. The number of aryl methyl sites for hydroxylation is 1. The molecule has 1 aromatic heterocycles. The highest BCUT2D eigenvalue weighted by atomic mass is 32.1. The lowest BCUT2D eigenvalue weighted by Crippen LogP contribution is -2.08. The minimum absolute atomic E-state index is 0.373. The molecule has 1 heterocycles. The largest absolute Gasteiger partial charge is 0.423 e. The van der Waals surface area contributed by atoms with Gasteiger partial charge in [-0.25, -0.2) is 9.59 Å². The van der Waals surface area contributed by atoms with E-state index in [0.29, 0.717) is 21.6 Å². The summed E-state index contributed by atoms with van der Waals surface area (Å²) in [6.45, 7) is 1.91. The van der Waals surface area contributed by atoms with E-state index in [1.807, 2.05) is 13.0 Å². The molecule has 3 aromatic rings. The molecule has 2 aromatic carbocycles. The molecule has 0 saturated carbocycles. The van der Waals surface area contributed by atoms with Gasteiger partial charge in [-0.05, 0) is 31.2 Å². The zero-order valence-electron chi connectivity index (χ0n) is 10.6. The Bertz CT molecular complexity index is 844. The Morgan fingerprint density at radius 2 is 2.05 bits per heavy atom. The Morgan fingerprint density at radius 1 is 1.20 bits per heavy atom. The topological polar surface area (TPSA) is 56.5 Å². The Balaban J connectivity index is 1.88. The highest BCUT2D eigenvalue weighted by molar-refractivity contribution is 7.16. The van der Waals surface area contributed by atoms with Crippen molar-refractivity contribution in [3.63, 3.8) is 0 Å². The summed E-state index contributed by atoms with van der Waals surface area (Å²) in [5.74, 6) is -0.0371. The molecule has 0 amide bonds. The molecular weight excluding hydrogens is 276 g/mol. The Labute approximate surface area is 118 Å². The van der Waals surface area contributed by atoms with Gasteiger partial charge in [0.2, 0.25) is 0 Å². The number of esters is 1. The van der Waals surface area contributed by atoms with Crippen molar-refractivity contribution in [2.45, 2.75) is 6.92 Å². The lowest BCUT2D eigenvalue weighted by molar-refractivity contribution is 0.0735. The second-order valence-corrected chi connectivity index (χ2v) is 5.30. The van der Waals surface area contributed by atoms with Gasteiger partial charge >= 0.3 is 10.9 Å². The van der Waals surface area contributed by atoms with Crippen molar-refractivity contribution in [3.05, 3.63) is 63.3 Å². The average molecular weight is 286 g/mol. The molecule has 4 nitrogen and oxygen atoms in total. The van der Waals surface area contributed by atoms with E-state index in [-0.39, 0.29) is 4.94 Å². The van der Waals surface area contributed by atoms with Gasteiger partial charge in [0.1, 0.15) is 11.3 Å². The summed E-state index contributed by atoms with van der Waals surface area (Å²) < 4.78 is 10.9. The van der Waals surface area contributed by atoms with Crippen molar-refractivity contribution >= 4 is 27.6 Å². The Hall–Kier alpha value is -2.40. The van der Waals surface area contributed by atoms with Crippen LogP contribution < -0.4 is 9.68 Å². The number of hydrogen-bond donors (Lipinski definition) is 0. The van der Waals surface area contributed by atoms with Crippen molar-refractivity contribution < 1.29 is 13.9 Å². The summed E-state index contributed by atoms with van der Waals surface area (Å²) in [4.78, 5) is 22.8. The zero-order valence-corrected chi connectivity index (χ0v) is 11.4. The Kier molecular flexibility index (Phi) is 3.12. The van der Waals surface area contributed by atoms with Crippen molar-refractivity contribution in [1.29, 1.82) is 0 Å². The fourth-order valence-electron chi connectivity index (χ4n) is 1.85. The van der Waals surface area contributed by atoms with Gasteiger partial charge in [0.15, 0.2) is 0 Å². The highest BCUT2D eigenvalue weighted by Crippen LogP contribution is 2.23. The molecule has 100 valence electrons. The van der Waals surface area contributed by atoms with Crippen LogP contribution in [0.4, 0.5) is 0 Å². The van der Waals surface area contributed by atoms with Crippen LogP contribution in [0.1, 0.15) is 15.9 Å². The lowest BCUT2D eigenvalue weighted by Gasteiger charge is -2.04. The zero-order chi connectivity index (χ0) is 14.1. The minimum Gasteiger partial charge on any atom is -0.423 e. The van der Waals surface area contributed by atoms with Crippen LogP contribution in [0.5, 0.6) is 5.75 Å². The maximum Gasteiger partial charge on any atom is 0.396 e. The van der Waals surface area contributed by atoms with Crippen LogP contribution in [0.25, 0.3) is 10.3 Å². The molecule has 5 heteroatoms. The fourth-order valence-corrected chi connectivity index (χ4v) is 2.55. The van der Waals surface area contributed by atoms with Crippen molar-refractivity contribution in [3.8, 4) is 5.75 Å². The van der Waals surface area contributed by atoms with Crippen LogP contribution in [0.15, 0.2) is 51.7 Å². The van der Waals surface area contributed by atoms with E-state index < -0.39 is 5.97 Å². The van der Waals surface area contributed by atoms with Gasteiger partial charge in [0.05, 0.1) is 10.3 Å². The van der Waals surface area contributed by atoms with E-state index in [9.17, 15) is 9.59 Å². The van der Waals surface area contributed by atoms with E-state index in [2.05, 4.69) is 0 Å². The summed E-state index contributed by atoms with van der Waals surface area (Å²) in [5, 5.41) is 0. The molecule has 0 fully saturated rings. The van der Waals surface area contributed by atoms with Crippen LogP contribution in [0.2, 0.25) is 0 Å². The molecule has 20 heavy (non-hydrogen) atoms. The number of hydrogen-bond acceptors (Lipinski definition) is 5. The Morgan fingerprint density at radius 3 is 2.85 bits per heavy atom. The first-order chi connectivity index (χ1) is 9.61. The third kappa shape index (κ3) is 2.48. The molecule has 0 unspecified atom stereocenters. The van der Waals surface area contributed by atoms with Crippen molar-refractivity contribution in [2.24, 2.45) is 0 Å². The summed E-state index contributed by atoms with van der Waals surface area (Å²) in [6, 6.07) is 12.0. The first-order valence-corrected chi connectivity index (χ1v) is 6.76. The second-order valence-electron chi connectivity index (χ2n) is 4.32. The normalized spacial score (nSPS) is 10.7. The maximum atomic E-state index is 12.0. The van der Waals surface area contributed by atoms with Gasteiger partial charge in [0, 0.05) is 6.07 Å². The molecule has 0 radical (unpaired) electrons. The first kappa shape index (κ1) is 12.6. The standard InChI is InChI=1S/C15H10O4S/c1-9-3-2-4-10(7-9)14(16)18-11-5-6-12-13(8-11)20-15(17)19-12/h2-8H,1H3. The summed E-state index contributed by atoms with van der Waals surface area (Å²) in [7, 11) is 0. The van der Waals surface area contributed by atoms with Crippen LogP contribution >= 0.6 is 11.3 Å². The molecule has 0 bridgehead atoms. The molecule has 0 spiro atoms. The number of benzene rings is 2. The molecule has 0 aliphatic rings. The number of ether oxygens (including phenoxy) is 1. The van der Waals surface area contributed by atoms with Gasteiger partial charge in [-0.15, -0.1) is 0 Å². The summed E-state index contributed by atoms with van der Waals surface area (Å²) >= 11 is 0.978. The quantitative estimate of drug-likeness (QED) is 0.535. The maximum absolute atomic E-state index is 12.0. The van der Waals surface area contributed by atoms with E-state index in [1.165, 1.54) is 0 Å². The number of fused-ring (bicyclic) bond motifs is 1. The van der Waals surface area contributed by atoms with Gasteiger partial charge in [-0.1, -0.05) is 29.0 Å². The average Bonchev–Trinajstić information content (AvgIpc) is 2.78. The molecule has 0 aliphatic heterocycles. The predicted molar refractivity (Wildman–Crippen MR) is 76.5 cm³/mol. The van der Waals surface area contributed by atoms with Crippen molar-refractivity contribution in [1.82, 2.24) is 0 Å². The highest BCUT2D eigenvalue weighted by Gasteiger charge is 2.10. The van der Waals surface area contributed by atoms with Crippen LogP contribution in [-0.2, 0) is 0 Å². The molecule has 3 rings (SSSR count). The summed E-state index contributed by atoms with van der Waals surface area (Å²) in [6.07, 6.45) is 0. The van der Waals surface area contributed by atoms with Gasteiger partial charge in [0.25, 0.3) is 0 Å². The number of carbonyl (C=O) groups is 1. The third-order valence-corrected chi connectivity index (χ3v) is 3.56. The van der Waals surface area contributed by atoms with Crippen LogP contribution in [-0.4, -0.2) is 5.97 Å². The number of carbonyl (C=O) groups excluding carboxylic acids is 1. The van der Waals surface area contributed by atoms with Gasteiger partial charge in [-0.2, -0.15) is 0 Å². The SMILES string of the molecule is Cc1cccc(C(=O)Oc2ccc3oc(=O)sc3c2)c1. The number of rotatable bonds is 2. The smallest absolute Gasteiger partial charge is 0.396 e. The molecule has 0 N–H and O–H groups in total. The third-order valence-electron chi connectivity index (χ3n) is 2.77. The monoisotopic (exact) mass is 286 g/mol.